The predicted octanol–water partition coefficient (Wildman–Crippen LogP) is 1.56. The average molecular weight is 337 g/mol. The van der Waals surface area contributed by atoms with Gasteiger partial charge in [-0.05, 0) is 36.4 Å². The lowest BCUT2D eigenvalue weighted by molar-refractivity contribution is 0.439. The summed E-state index contributed by atoms with van der Waals surface area (Å²) in [7, 11) is 0. The molecule has 0 amide bonds. The van der Waals surface area contributed by atoms with Crippen molar-refractivity contribution >= 4 is 17.4 Å². The summed E-state index contributed by atoms with van der Waals surface area (Å²) in [6, 6.07) is 13.5. The number of phenolic OH excluding ortho intramolecular Hbond substituents is 1. The van der Waals surface area contributed by atoms with Gasteiger partial charge in [0, 0.05) is 6.08 Å². The lowest BCUT2D eigenvalue weighted by Crippen LogP contribution is -2.19. The minimum Gasteiger partial charge on any atom is -0.508 e. The molecule has 0 aliphatic carbocycles. The highest BCUT2D eigenvalue weighted by Crippen LogP contribution is 2.27. The van der Waals surface area contributed by atoms with E-state index < -0.39 is 0 Å². The van der Waals surface area contributed by atoms with Crippen molar-refractivity contribution in [3.05, 3.63) is 79.6 Å². The number of aromatic hydroxyl groups is 2. The first kappa shape index (κ1) is 14.4. The Kier molecular flexibility index (Phi) is 3.28. The largest absolute Gasteiger partial charge is 0.508 e. The van der Waals surface area contributed by atoms with Gasteiger partial charge in [0.1, 0.15) is 5.75 Å². The van der Waals surface area contributed by atoms with Gasteiger partial charge in [0.15, 0.2) is 5.82 Å². The Morgan fingerprint density at radius 3 is 2.21 bits per heavy atom. The van der Waals surface area contributed by atoms with Crippen LogP contribution in [0.2, 0.25) is 0 Å². The lowest BCUT2D eigenvalue weighted by atomic mass is 10.3. The molecule has 3 aromatic rings. The van der Waals surface area contributed by atoms with Crippen molar-refractivity contribution < 1.29 is 10.2 Å². The van der Waals surface area contributed by atoms with Crippen molar-refractivity contribution in [3.8, 4) is 17.3 Å². The topological polar surface area (TPSA) is 87.2 Å². The zero-order chi connectivity index (χ0) is 16.7. The quantitative estimate of drug-likeness (QED) is 0.744. The number of thiazole rings is 1. The molecule has 1 aliphatic heterocycles. The number of fused-ring (bicyclic) bond motifs is 1. The first-order valence-corrected chi connectivity index (χ1v) is 7.92. The molecule has 0 unspecified atom stereocenters. The number of hydrogen-bond donors (Lipinski definition) is 2. The molecule has 118 valence electrons. The minimum atomic E-state index is -0.333. The second kappa shape index (κ2) is 5.47. The summed E-state index contributed by atoms with van der Waals surface area (Å²) in [6.45, 7) is 0. The maximum atomic E-state index is 12.2. The van der Waals surface area contributed by atoms with E-state index in [1.165, 1.54) is 16.7 Å². The third-order valence-electron chi connectivity index (χ3n) is 3.53. The molecule has 0 atom stereocenters. The highest BCUT2D eigenvalue weighted by Gasteiger charge is 2.15. The van der Waals surface area contributed by atoms with Crippen LogP contribution in [0.4, 0.5) is 0 Å². The molecule has 0 spiro atoms. The molecule has 6 nitrogen and oxygen atoms in total. The summed E-state index contributed by atoms with van der Waals surface area (Å²) in [5.41, 5.74) is 0.472. The van der Waals surface area contributed by atoms with Crippen LogP contribution in [0.5, 0.6) is 11.6 Å². The fraction of sp³-hybridized carbons (Fsp3) is 0. The number of hydrogen-bond acceptors (Lipinski definition) is 6. The average Bonchev–Trinajstić information content (AvgIpc) is 3.09. The van der Waals surface area contributed by atoms with Crippen LogP contribution in [0, 0.1) is 0 Å². The monoisotopic (exact) mass is 337 g/mol. The number of para-hydroxylation sites is 2. The van der Waals surface area contributed by atoms with E-state index in [0.29, 0.717) is 16.4 Å². The third kappa shape index (κ3) is 2.40. The van der Waals surface area contributed by atoms with E-state index >= 15 is 0 Å². The van der Waals surface area contributed by atoms with E-state index in [-0.39, 0.29) is 16.5 Å². The van der Waals surface area contributed by atoms with Gasteiger partial charge in [0.2, 0.25) is 5.88 Å². The van der Waals surface area contributed by atoms with Crippen LogP contribution in [0.25, 0.3) is 11.8 Å². The van der Waals surface area contributed by atoms with E-state index in [2.05, 4.69) is 9.98 Å². The van der Waals surface area contributed by atoms with E-state index in [1.807, 2.05) is 24.3 Å². The molecular formula is C17H11N3O3S. The summed E-state index contributed by atoms with van der Waals surface area (Å²) < 4.78 is 1.18. The molecule has 24 heavy (non-hydrogen) atoms. The summed E-state index contributed by atoms with van der Waals surface area (Å²) in [5.74, 6) is 0.348. The van der Waals surface area contributed by atoms with Gasteiger partial charge in [-0.15, -0.1) is 0 Å². The molecule has 4 rings (SSSR count). The maximum Gasteiger partial charge on any atom is 0.315 e. The zero-order valence-corrected chi connectivity index (χ0v) is 13.1. The molecule has 1 aromatic heterocycles. The molecular weight excluding hydrogens is 326 g/mol. The summed E-state index contributed by atoms with van der Waals surface area (Å²) in [6.07, 6.45) is 1.58. The van der Waals surface area contributed by atoms with E-state index in [4.69, 9.17) is 0 Å². The Morgan fingerprint density at radius 2 is 1.58 bits per heavy atom. The normalized spacial score (nSPS) is 12.4. The molecule has 1 aliphatic rings. The van der Waals surface area contributed by atoms with Gasteiger partial charge >= 0.3 is 4.87 Å². The Balaban J connectivity index is 1.80. The molecule has 0 radical (unpaired) electrons. The molecule has 2 N–H and O–H groups in total. The predicted molar refractivity (Wildman–Crippen MR) is 90.0 cm³/mol. The van der Waals surface area contributed by atoms with Crippen molar-refractivity contribution in [1.29, 1.82) is 0 Å². The number of nitrogens with zero attached hydrogens (tertiary/aromatic N) is 3. The molecule has 2 aromatic carbocycles. The minimum absolute atomic E-state index is 0.0881. The van der Waals surface area contributed by atoms with Crippen LogP contribution in [0.1, 0.15) is 4.88 Å². The van der Waals surface area contributed by atoms with Crippen LogP contribution in [0.15, 0.2) is 69.1 Å². The summed E-state index contributed by atoms with van der Waals surface area (Å²) >= 11 is 0.904. The Labute approximate surface area is 139 Å². The van der Waals surface area contributed by atoms with Gasteiger partial charge in [0.25, 0.3) is 0 Å². The van der Waals surface area contributed by atoms with Gasteiger partial charge in [-0.25, -0.2) is 14.6 Å². The molecule has 0 saturated heterocycles. The van der Waals surface area contributed by atoms with Gasteiger partial charge in [-0.3, -0.25) is 4.79 Å². The number of aromatic nitrogens is 1. The van der Waals surface area contributed by atoms with Gasteiger partial charge in [-0.1, -0.05) is 23.5 Å². The van der Waals surface area contributed by atoms with Crippen molar-refractivity contribution in [2.24, 2.45) is 9.98 Å². The Hall–Kier alpha value is -3.19. The highest BCUT2D eigenvalue weighted by molar-refractivity contribution is 7.10. The second-order valence-corrected chi connectivity index (χ2v) is 6.12. The molecule has 0 fully saturated rings. The molecule has 0 saturated carbocycles. The van der Waals surface area contributed by atoms with E-state index in [0.717, 1.165) is 22.1 Å². The van der Waals surface area contributed by atoms with Crippen LogP contribution in [-0.4, -0.2) is 14.8 Å². The Bertz CT molecular complexity index is 1100. The van der Waals surface area contributed by atoms with Gasteiger partial charge in [0.05, 0.1) is 21.3 Å². The SMILES string of the molecule is O=c1sc(C=C2N=c3ccccc3=N2)c(O)n1-c1ccc(O)cc1. The van der Waals surface area contributed by atoms with Crippen LogP contribution >= 0.6 is 11.3 Å². The van der Waals surface area contributed by atoms with Crippen LogP contribution in [-0.2, 0) is 0 Å². The first-order chi connectivity index (χ1) is 11.6. The number of rotatable bonds is 2. The highest BCUT2D eigenvalue weighted by atomic mass is 32.1. The van der Waals surface area contributed by atoms with E-state index in [9.17, 15) is 15.0 Å². The van der Waals surface area contributed by atoms with E-state index in [1.54, 1.807) is 18.2 Å². The second-order valence-electron chi connectivity index (χ2n) is 5.12. The maximum absolute atomic E-state index is 12.2. The Morgan fingerprint density at radius 1 is 0.958 bits per heavy atom. The van der Waals surface area contributed by atoms with Gasteiger partial charge < -0.3 is 10.2 Å². The first-order valence-electron chi connectivity index (χ1n) is 7.10. The summed E-state index contributed by atoms with van der Waals surface area (Å²) in [5, 5.41) is 21.2. The van der Waals surface area contributed by atoms with Crippen molar-refractivity contribution in [2.75, 3.05) is 0 Å². The number of phenols is 1. The third-order valence-corrected chi connectivity index (χ3v) is 4.41. The van der Waals surface area contributed by atoms with Crippen molar-refractivity contribution in [1.82, 2.24) is 4.57 Å². The van der Waals surface area contributed by atoms with Gasteiger partial charge in [-0.2, -0.15) is 0 Å². The fourth-order valence-electron chi connectivity index (χ4n) is 2.41. The molecule has 7 heteroatoms. The fourth-order valence-corrected chi connectivity index (χ4v) is 3.23. The van der Waals surface area contributed by atoms with Crippen molar-refractivity contribution in [2.45, 2.75) is 0 Å². The lowest BCUT2D eigenvalue weighted by Gasteiger charge is -2.03. The zero-order valence-electron chi connectivity index (χ0n) is 12.2. The van der Waals surface area contributed by atoms with Crippen molar-refractivity contribution in [3.63, 3.8) is 0 Å². The smallest absolute Gasteiger partial charge is 0.315 e. The molecule has 2 heterocycles. The number of benzene rings is 2. The molecule has 0 bridgehead atoms. The van der Waals surface area contributed by atoms with Crippen LogP contribution in [0.3, 0.4) is 0 Å². The summed E-state index contributed by atoms with van der Waals surface area (Å²) in [4.78, 5) is 21.0. The van der Waals surface area contributed by atoms with Crippen LogP contribution < -0.4 is 15.6 Å². The standard InChI is InChI=1S/C17H11N3O3S/c21-11-7-5-10(6-8-11)20-16(22)14(24-17(20)23)9-15-18-12-3-1-2-4-13(12)19-15/h1-9,21-22H.